The van der Waals surface area contributed by atoms with Gasteiger partial charge in [0.25, 0.3) is 0 Å². The third-order valence-corrected chi connectivity index (χ3v) is 4.90. The number of carbonyl (C=O) groups excluding carboxylic acids is 3. The van der Waals surface area contributed by atoms with Gasteiger partial charge in [-0.05, 0) is 12.5 Å². The Morgan fingerprint density at radius 1 is 1.17 bits per heavy atom. The summed E-state index contributed by atoms with van der Waals surface area (Å²) in [5.74, 6) is -0.131. The second-order valence-electron chi connectivity index (χ2n) is 6.59. The van der Waals surface area contributed by atoms with E-state index in [4.69, 9.17) is 0 Å². The van der Waals surface area contributed by atoms with Crippen LogP contribution in [0.25, 0.3) is 0 Å². The van der Waals surface area contributed by atoms with Crippen LogP contribution in [0.2, 0.25) is 0 Å². The molecule has 128 valence electrons. The van der Waals surface area contributed by atoms with E-state index in [1.165, 1.54) is 11.9 Å². The molecule has 6 nitrogen and oxygen atoms in total. The van der Waals surface area contributed by atoms with Gasteiger partial charge in [0, 0.05) is 33.2 Å². The molecule has 0 spiro atoms. The standard InChI is InChI=1S/C18H23N3O3/c1-13-4-3-5-14(10-13)11-17(23)21-8-6-20(7-9-21)15-12-16(22)19(2)18(15)24/h3-5,10,15H,6-9,11-12H2,1-2H3. The van der Waals surface area contributed by atoms with Crippen molar-refractivity contribution in [3.63, 3.8) is 0 Å². The van der Waals surface area contributed by atoms with Crippen LogP contribution in [-0.4, -0.2) is 71.7 Å². The number of rotatable bonds is 3. The van der Waals surface area contributed by atoms with E-state index in [0.717, 1.165) is 11.1 Å². The quantitative estimate of drug-likeness (QED) is 0.755. The Labute approximate surface area is 142 Å². The minimum absolute atomic E-state index is 0.117. The number of hydrogen-bond acceptors (Lipinski definition) is 4. The topological polar surface area (TPSA) is 60.9 Å². The van der Waals surface area contributed by atoms with Gasteiger partial charge in [-0.2, -0.15) is 0 Å². The molecule has 3 amide bonds. The van der Waals surface area contributed by atoms with Gasteiger partial charge in [-0.3, -0.25) is 24.2 Å². The highest BCUT2D eigenvalue weighted by Gasteiger charge is 2.40. The maximum absolute atomic E-state index is 12.5. The summed E-state index contributed by atoms with van der Waals surface area (Å²) in [6.07, 6.45) is 0.665. The van der Waals surface area contributed by atoms with Gasteiger partial charge in [0.15, 0.2) is 0 Å². The van der Waals surface area contributed by atoms with Crippen molar-refractivity contribution in [1.82, 2.24) is 14.7 Å². The number of amides is 3. The molecule has 1 atom stereocenters. The first kappa shape index (κ1) is 16.6. The van der Waals surface area contributed by atoms with Gasteiger partial charge >= 0.3 is 0 Å². The SMILES string of the molecule is Cc1cccc(CC(=O)N2CCN(C3CC(=O)N(C)C3=O)CC2)c1. The lowest BCUT2D eigenvalue weighted by atomic mass is 10.1. The molecule has 0 aliphatic carbocycles. The van der Waals surface area contributed by atoms with Gasteiger partial charge in [0.2, 0.25) is 17.7 Å². The van der Waals surface area contributed by atoms with Crippen molar-refractivity contribution in [3.05, 3.63) is 35.4 Å². The van der Waals surface area contributed by atoms with E-state index in [-0.39, 0.29) is 30.2 Å². The third kappa shape index (κ3) is 3.33. The molecule has 0 radical (unpaired) electrons. The monoisotopic (exact) mass is 329 g/mol. The molecule has 0 saturated carbocycles. The second kappa shape index (κ2) is 6.73. The van der Waals surface area contributed by atoms with Crippen LogP contribution in [0.1, 0.15) is 17.5 Å². The molecule has 0 N–H and O–H groups in total. The number of likely N-dealkylation sites (N-methyl/N-ethyl adjacent to an activating group) is 1. The first-order valence-corrected chi connectivity index (χ1v) is 8.33. The lowest BCUT2D eigenvalue weighted by molar-refractivity contribution is -0.138. The summed E-state index contributed by atoms with van der Waals surface area (Å²) in [4.78, 5) is 41.3. The predicted molar refractivity (Wildman–Crippen MR) is 89.2 cm³/mol. The largest absolute Gasteiger partial charge is 0.340 e. The fraction of sp³-hybridized carbons (Fsp3) is 0.500. The summed E-state index contributed by atoms with van der Waals surface area (Å²) in [6, 6.07) is 7.64. The van der Waals surface area contributed by atoms with Gasteiger partial charge in [-0.1, -0.05) is 29.8 Å². The summed E-state index contributed by atoms with van der Waals surface area (Å²) < 4.78 is 0. The molecule has 2 fully saturated rings. The van der Waals surface area contributed by atoms with Crippen molar-refractivity contribution >= 4 is 17.7 Å². The number of aryl methyl sites for hydroxylation is 1. The highest BCUT2D eigenvalue weighted by molar-refractivity contribution is 6.05. The molecule has 2 heterocycles. The van der Waals surface area contributed by atoms with Crippen molar-refractivity contribution in [2.75, 3.05) is 33.2 Å². The summed E-state index contributed by atoms with van der Waals surface area (Å²) in [5.41, 5.74) is 2.18. The normalized spacial score (nSPS) is 22.3. The van der Waals surface area contributed by atoms with E-state index in [1.54, 1.807) is 0 Å². The summed E-state index contributed by atoms with van der Waals surface area (Å²) in [5, 5.41) is 0. The Balaban J connectivity index is 1.54. The molecule has 2 aliphatic rings. The Hall–Kier alpha value is -2.21. The fourth-order valence-corrected chi connectivity index (χ4v) is 3.41. The van der Waals surface area contributed by atoms with Crippen molar-refractivity contribution in [2.45, 2.75) is 25.8 Å². The number of carbonyl (C=O) groups is 3. The number of likely N-dealkylation sites (tertiary alicyclic amines) is 1. The van der Waals surface area contributed by atoms with Gasteiger partial charge < -0.3 is 4.90 Å². The minimum atomic E-state index is -0.350. The second-order valence-corrected chi connectivity index (χ2v) is 6.59. The Bertz CT molecular complexity index is 665. The molecular formula is C18H23N3O3. The molecule has 1 aromatic rings. The molecule has 2 aliphatic heterocycles. The number of nitrogens with zero attached hydrogens (tertiary/aromatic N) is 3. The van der Waals surface area contributed by atoms with Crippen molar-refractivity contribution in [3.8, 4) is 0 Å². The smallest absolute Gasteiger partial charge is 0.246 e. The Morgan fingerprint density at radius 2 is 1.88 bits per heavy atom. The highest BCUT2D eigenvalue weighted by Crippen LogP contribution is 2.19. The molecule has 3 rings (SSSR count). The first-order chi connectivity index (χ1) is 11.5. The van der Waals surface area contributed by atoms with Crippen LogP contribution < -0.4 is 0 Å². The van der Waals surface area contributed by atoms with E-state index < -0.39 is 0 Å². The Kier molecular flexibility index (Phi) is 4.66. The van der Waals surface area contributed by atoms with Gasteiger partial charge in [0.05, 0.1) is 18.9 Å². The van der Waals surface area contributed by atoms with Crippen LogP contribution in [0, 0.1) is 6.92 Å². The summed E-state index contributed by atoms with van der Waals surface area (Å²) in [6.45, 7) is 4.50. The zero-order valence-electron chi connectivity index (χ0n) is 14.2. The fourth-order valence-electron chi connectivity index (χ4n) is 3.41. The number of imide groups is 1. The predicted octanol–water partition coefficient (Wildman–Crippen LogP) is 0.439. The van der Waals surface area contributed by atoms with E-state index in [0.29, 0.717) is 32.6 Å². The molecule has 0 bridgehead atoms. The zero-order valence-corrected chi connectivity index (χ0v) is 14.2. The van der Waals surface area contributed by atoms with Crippen LogP contribution in [0.4, 0.5) is 0 Å². The lowest BCUT2D eigenvalue weighted by Crippen LogP contribution is -2.53. The Morgan fingerprint density at radius 3 is 2.46 bits per heavy atom. The number of hydrogen-bond donors (Lipinski definition) is 0. The van der Waals surface area contributed by atoms with Crippen molar-refractivity contribution in [1.29, 1.82) is 0 Å². The molecule has 1 aromatic carbocycles. The van der Waals surface area contributed by atoms with E-state index in [2.05, 4.69) is 0 Å². The maximum Gasteiger partial charge on any atom is 0.246 e. The third-order valence-electron chi connectivity index (χ3n) is 4.90. The van der Waals surface area contributed by atoms with Crippen molar-refractivity contribution < 1.29 is 14.4 Å². The summed E-state index contributed by atoms with van der Waals surface area (Å²) in [7, 11) is 1.53. The first-order valence-electron chi connectivity index (χ1n) is 8.33. The van der Waals surface area contributed by atoms with Gasteiger partial charge in [-0.15, -0.1) is 0 Å². The van der Waals surface area contributed by atoms with E-state index >= 15 is 0 Å². The summed E-state index contributed by atoms with van der Waals surface area (Å²) >= 11 is 0. The zero-order chi connectivity index (χ0) is 17.3. The average molecular weight is 329 g/mol. The van der Waals surface area contributed by atoms with E-state index in [9.17, 15) is 14.4 Å². The molecule has 2 saturated heterocycles. The molecular weight excluding hydrogens is 306 g/mol. The highest BCUT2D eigenvalue weighted by atomic mass is 16.2. The van der Waals surface area contributed by atoms with Crippen LogP contribution in [-0.2, 0) is 20.8 Å². The van der Waals surface area contributed by atoms with Crippen LogP contribution in [0.15, 0.2) is 24.3 Å². The van der Waals surface area contributed by atoms with E-state index in [1.807, 2.05) is 41.0 Å². The molecule has 6 heteroatoms. The van der Waals surface area contributed by atoms with Crippen LogP contribution in [0.5, 0.6) is 0 Å². The van der Waals surface area contributed by atoms with Crippen LogP contribution >= 0.6 is 0 Å². The lowest BCUT2D eigenvalue weighted by Gasteiger charge is -2.37. The molecule has 1 unspecified atom stereocenters. The van der Waals surface area contributed by atoms with Gasteiger partial charge in [0.1, 0.15) is 0 Å². The van der Waals surface area contributed by atoms with Gasteiger partial charge in [-0.25, -0.2) is 0 Å². The maximum atomic E-state index is 12.5. The molecule has 0 aromatic heterocycles. The number of piperazine rings is 1. The van der Waals surface area contributed by atoms with Crippen molar-refractivity contribution in [2.24, 2.45) is 0 Å². The number of benzene rings is 1. The molecule has 24 heavy (non-hydrogen) atoms. The van der Waals surface area contributed by atoms with Crippen LogP contribution in [0.3, 0.4) is 0 Å². The average Bonchev–Trinajstić information content (AvgIpc) is 2.82. The minimum Gasteiger partial charge on any atom is -0.340 e.